The second kappa shape index (κ2) is 13.0. The number of nitrogens with zero attached hydrogens (tertiary/aromatic N) is 3. The van der Waals surface area contributed by atoms with E-state index < -0.39 is 0 Å². The fourth-order valence-corrected chi connectivity index (χ4v) is 7.94. The molecule has 252 valence electrons. The molecule has 54 heavy (non-hydrogen) atoms. The van der Waals surface area contributed by atoms with Crippen LogP contribution in [0.2, 0.25) is 0 Å². The van der Waals surface area contributed by atoms with Crippen molar-refractivity contribution in [2.24, 2.45) is 0 Å². The van der Waals surface area contributed by atoms with Gasteiger partial charge in [0.2, 0.25) is 0 Å². The van der Waals surface area contributed by atoms with Gasteiger partial charge in [0.25, 0.3) is 0 Å². The van der Waals surface area contributed by atoms with E-state index in [-0.39, 0.29) is 0 Å². The van der Waals surface area contributed by atoms with Crippen molar-refractivity contribution in [1.29, 1.82) is 5.26 Å². The van der Waals surface area contributed by atoms with E-state index in [1.807, 2.05) is 24.3 Å². The summed E-state index contributed by atoms with van der Waals surface area (Å²) in [7, 11) is 0. The van der Waals surface area contributed by atoms with Crippen LogP contribution in [-0.2, 0) is 0 Å². The molecule has 0 radical (unpaired) electrons. The second-order valence-electron chi connectivity index (χ2n) is 13.7. The van der Waals surface area contributed by atoms with Crippen molar-refractivity contribution in [1.82, 2.24) is 4.57 Å². The minimum Gasteiger partial charge on any atom is -0.310 e. The molecule has 0 aliphatic rings. The van der Waals surface area contributed by atoms with E-state index in [2.05, 4.69) is 191 Å². The topological polar surface area (TPSA) is 32.0 Å². The number of anilines is 3. The number of nitriles is 1. The molecule has 0 amide bonds. The van der Waals surface area contributed by atoms with Crippen LogP contribution in [0.15, 0.2) is 188 Å². The number of hydrogen-bond acceptors (Lipinski definition) is 2. The van der Waals surface area contributed by atoms with Crippen LogP contribution < -0.4 is 4.90 Å². The first-order valence-corrected chi connectivity index (χ1v) is 18.2. The Morgan fingerprint density at radius 2 is 1.07 bits per heavy atom. The second-order valence-corrected chi connectivity index (χ2v) is 13.7. The highest BCUT2D eigenvalue weighted by Crippen LogP contribution is 2.42. The van der Waals surface area contributed by atoms with Gasteiger partial charge in [0.15, 0.2) is 0 Å². The van der Waals surface area contributed by atoms with Crippen LogP contribution in [0, 0.1) is 11.3 Å². The maximum atomic E-state index is 9.42. The van der Waals surface area contributed by atoms with Crippen LogP contribution >= 0.6 is 0 Å². The molecule has 0 bridgehead atoms. The van der Waals surface area contributed by atoms with Gasteiger partial charge in [-0.05, 0) is 111 Å². The van der Waals surface area contributed by atoms with Crippen molar-refractivity contribution < 1.29 is 0 Å². The average Bonchev–Trinajstić information content (AvgIpc) is 3.58. The summed E-state index contributed by atoms with van der Waals surface area (Å²) < 4.78 is 2.40. The van der Waals surface area contributed by atoms with E-state index in [1.165, 1.54) is 60.2 Å². The number of benzene rings is 9. The molecule has 0 unspecified atom stereocenters. The van der Waals surface area contributed by atoms with Crippen LogP contribution in [0.1, 0.15) is 16.7 Å². The van der Waals surface area contributed by atoms with Crippen molar-refractivity contribution >= 4 is 72.6 Å². The molecule has 0 saturated carbocycles. The number of rotatable bonds is 7. The maximum Gasteiger partial charge on any atom is 0.0991 e. The smallest absolute Gasteiger partial charge is 0.0991 e. The fourth-order valence-electron chi connectivity index (χ4n) is 7.94. The number of para-hydroxylation sites is 1. The standard InChI is InChI=1S/C51H33N3/c52-34-37-22-30-45(31-23-37)53(47-14-6-9-39-8-4-5-13-46(39)47)44-28-20-36(21-29-44)17-16-35-18-24-38(25-19-35)42-32-41-27-26-40-10-7-15-48-50(40)51(41)49(33-42)54(48)43-11-2-1-3-12-43/h1-33H/b17-16+. The molecule has 3 heteroatoms. The highest BCUT2D eigenvalue weighted by molar-refractivity contribution is 6.25. The summed E-state index contributed by atoms with van der Waals surface area (Å²) in [4.78, 5) is 2.26. The van der Waals surface area contributed by atoms with Crippen molar-refractivity contribution in [3.8, 4) is 22.9 Å². The quantitative estimate of drug-likeness (QED) is 0.123. The Bertz CT molecular complexity index is 3010. The summed E-state index contributed by atoms with van der Waals surface area (Å²) in [6.45, 7) is 0. The molecule has 0 fully saturated rings. The van der Waals surface area contributed by atoms with Gasteiger partial charge < -0.3 is 9.47 Å². The van der Waals surface area contributed by atoms with Crippen molar-refractivity contribution in [3.05, 3.63) is 205 Å². The van der Waals surface area contributed by atoms with Crippen LogP contribution in [-0.4, -0.2) is 4.57 Å². The molecule has 0 atom stereocenters. The molecule has 0 aliphatic carbocycles. The van der Waals surface area contributed by atoms with Gasteiger partial charge in [-0.25, -0.2) is 0 Å². The summed E-state index contributed by atoms with van der Waals surface area (Å²) in [5, 5.41) is 16.9. The zero-order valence-corrected chi connectivity index (χ0v) is 29.4. The number of fused-ring (bicyclic) bond motifs is 1. The summed E-state index contributed by atoms with van der Waals surface area (Å²) in [6.07, 6.45) is 4.34. The molecular formula is C51H33N3. The first kappa shape index (κ1) is 31.3. The number of hydrogen-bond donors (Lipinski definition) is 0. The molecule has 0 spiro atoms. The molecule has 10 aromatic rings. The lowest BCUT2D eigenvalue weighted by molar-refractivity contribution is 1.18. The van der Waals surface area contributed by atoms with E-state index >= 15 is 0 Å². The van der Waals surface area contributed by atoms with E-state index in [4.69, 9.17) is 0 Å². The monoisotopic (exact) mass is 687 g/mol. The van der Waals surface area contributed by atoms with E-state index in [9.17, 15) is 5.26 Å². The molecule has 3 nitrogen and oxygen atoms in total. The Balaban J connectivity index is 0.959. The largest absolute Gasteiger partial charge is 0.310 e. The molecule has 10 rings (SSSR count). The molecule has 0 aliphatic heterocycles. The van der Waals surface area contributed by atoms with Gasteiger partial charge in [-0.15, -0.1) is 0 Å². The fraction of sp³-hybridized carbons (Fsp3) is 0. The minimum atomic E-state index is 0.642. The van der Waals surface area contributed by atoms with Gasteiger partial charge in [-0.2, -0.15) is 5.26 Å². The molecular weight excluding hydrogens is 655 g/mol. The van der Waals surface area contributed by atoms with Crippen LogP contribution in [0.25, 0.3) is 72.3 Å². The third-order valence-corrected chi connectivity index (χ3v) is 10.5. The van der Waals surface area contributed by atoms with E-state index in [0.717, 1.165) is 28.2 Å². The van der Waals surface area contributed by atoms with E-state index in [1.54, 1.807) is 0 Å². The molecule has 1 heterocycles. The molecule has 9 aromatic carbocycles. The minimum absolute atomic E-state index is 0.642. The third-order valence-electron chi connectivity index (χ3n) is 10.5. The van der Waals surface area contributed by atoms with Crippen LogP contribution in [0.4, 0.5) is 17.1 Å². The van der Waals surface area contributed by atoms with Gasteiger partial charge in [-0.1, -0.05) is 127 Å². The molecule has 0 N–H and O–H groups in total. The Labute approximate surface area is 313 Å². The summed E-state index contributed by atoms with van der Waals surface area (Å²) >= 11 is 0. The Kier molecular flexibility index (Phi) is 7.53. The number of aromatic nitrogens is 1. The normalized spacial score (nSPS) is 11.6. The SMILES string of the molecule is N#Cc1ccc(N(c2ccc(/C=C/c3ccc(-c4cc5ccc6cccc7c6c5c(c4)n7-c4ccccc4)cc3)cc2)c2cccc3ccccc23)cc1. The van der Waals surface area contributed by atoms with Gasteiger partial charge in [0.05, 0.1) is 28.4 Å². The highest BCUT2D eigenvalue weighted by Gasteiger charge is 2.18. The van der Waals surface area contributed by atoms with Gasteiger partial charge >= 0.3 is 0 Å². The lowest BCUT2D eigenvalue weighted by Gasteiger charge is -2.27. The Morgan fingerprint density at radius 3 is 1.83 bits per heavy atom. The van der Waals surface area contributed by atoms with Crippen molar-refractivity contribution in [2.75, 3.05) is 4.90 Å². The van der Waals surface area contributed by atoms with E-state index in [0.29, 0.717) is 5.56 Å². The molecule has 0 saturated heterocycles. The summed E-state index contributed by atoms with van der Waals surface area (Å²) in [5.41, 5.74) is 12.1. The van der Waals surface area contributed by atoms with Gasteiger partial charge in [0, 0.05) is 33.2 Å². The lowest BCUT2D eigenvalue weighted by atomic mass is 9.97. The highest BCUT2D eigenvalue weighted by atomic mass is 15.1. The zero-order chi connectivity index (χ0) is 36.0. The zero-order valence-electron chi connectivity index (χ0n) is 29.4. The van der Waals surface area contributed by atoms with Crippen molar-refractivity contribution in [2.45, 2.75) is 0 Å². The molecule has 1 aromatic heterocycles. The van der Waals surface area contributed by atoms with Gasteiger partial charge in [-0.3, -0.25) is 0 Å². The predicted octanol–water partition coefficient (Wildman–Crippen LogP) is 13.7. The summed E-state index contributed by atoms with van der Waals surface area (Å²) in [6, 6.07) is 68.8. The Hall–Kier alpha value is -7.41. The van der Waals surface area contributed by atoms with Crippen LogP contribution in [0.3, 0.4) is 0 Å². The van der Waals surface area contributed by atoms with Gasteiger partial charge in [0.1, 0.15) is 0 Å². The third kappa shape index (κ3) is 5.37. The summed E-state index contributed by atoms with van der Waals surface area (Å²) in [5.74, 6) is 0. The maximum absolute atomic E-state index is 9.42. The van der Waals surface area contributed by atoms with Crippen LogP contribution in [0.5, 0.6) is 0 Å². The first-order chi connectivity index (χ1) is 26.7. The predicted molar refractivity (Wildman–Crippen MR) is 227 cm³/mol. The first-order valence-electron chi connectivity index (χ1n) is 18.2. The Morgan fingerprint density at radius 1 is 0.463 bits per heavy atom. The lowest BCUT2D eigenvalue weighted by Crippen LogP contribution is -2.10. The van der Waals surface area contributed by atoms with Crippen molar-refractivity contribution in [3.63, 3.8) is 0 Å². The average molecular weight is 688 g/mol.